The van der Waals surface area contributed by atoms with E-state index in [0.717, 1.165) is 48.5 Å². The second-order valence-corrected chi connectivity index (χ2v) is 8.64. The van der Waals surface area contributed by atoms with Gasteiger partial charge in [-0.25, -0.2) is 4.68 Å². The van der Waals surface area contributed by atoms with E-state index in [2.05, 4.69) is 69.3 Å². The maximum atomic E-state index is 5.46. The molecule has 0 saturated carbocycles. The number of anilines is 1. The van der Waals surface area contributed by atoms with Crippen molar-refractivity contribution in [1.29, 1.82) is 0 Å². The molecule has 2 heterocycles. The molecule has 1 fully saturated rings. The van der Waals surface area contributed by atoms with Gasteiger partial charge in [-0.15, -0.1) is 11.7 Å². The Labute approximate surface area is 174 Å². The van der Waals surface area contributed by atoms with Gasteiger partial charge in [-0.3, -0.25) is 9.80 Å². The zero-order chi connectivity index (χ0) is 19.3. The molecule has 0 amide bonds. The van der Waals surface area contributed by atoms with Gasteiger partial charge in [0.25, 0.3) is 0 Å². The minimum absolute atomic E-state index is 0.704. The molecule has 1 aliphatic rings. The Balaban J connectivity index is 1.34. The summed E-state index contributed by atoms with van der Waals surface area (Å²) in [7, 11) is 0. The average molecular weight is 412 g/mol. The number of hydrogen-bond acceptors (Lipinski definition) is 6. The highest BCUT2D eigenvalue weighted by atomic mass is 32.1. The first-order chi connectivity index (χ1) is 13.7. The summed E-state index contributed by atoms with van der Waals surface area (Å²) in [4.78, 5) is 4.96. The zero-order valence-corrected chi connectivity index (χ0v) is 17.5. The van der Waals surface area contributed by atoms with Crippen LogP contribution < -0.4 is 5.32 Å². The van der Waals surface area contributed by atoms with Crippen molar-refractivity contribution < 1.29 is 0 Å². The second-order valence-electron chi connectivity index (χ2n) is 7.02. The van der Waals surface area contributed by atoms with Crippen LogP contribution in [0.1, 0.15) is 5.56 Å². The predicted octanol–water partition coefficient (Wildman–Crippen LogP) is 4.20. The van der Waals surface area contributed by atoms with E-state index < -0.39 is 0 Å². The molecule has 0 aliphatic carbocycles. The van der Waals surface area contributed by atoms with Crippen molar-refractivity contribution in [1.82, 2.24) is 19.6 Å². The molecular weight excluding hydrogens is 386 g/mol. The Morgan fingerprint density at radius 3 is 2.64 bits per heavy atom. The fourth-order valence-corrected chi connectivity index (χ4v) is 4.58. The lowest BCUT2D eigenvalue weighted by atomic mass is 10.0. The van der Waals surface area contributed by atoms with Gasteiger partial charge in [0.1, 0.15) is 0 Å². The van der Waals surface area contributed by atoms with Crippen molar-refractivity contribution in [2.24, 2.45) is 0 Å². The third kappa shape index (κ3) is 4.50. The molecule has 5 nitrogen and oxygen atoms in total. The highest BCUT2D eigenvalue weighted by molar-refractivity contribution is 7.73. The number of aromatic nitrogens is 2. The van der Waals surface area contributed by atoms with Gasteiger partial charge in [-0.05, 0) is 28.6 Å². The Morgan fingerprint density at radius 2 is 1.82 bits per heavy atom. The van der Waals surface area contributed by atoms with Crippen molar-refractivity contribution in [3.8, 4) is 0 Å². The van der Waals surface area contributed by atoms with Crippen LogP contribution in [0.5, 0.6) is 0 Å². The molecule has 1 N–H and O–H groups in total. The van der Waals surface area contributed by atoms with Gasteiger partial charge < -0.3 is 5.32 Å². The zero-order valence-electron chi connectivity index (χ0n) is 15.9. The second kappa shape index (κ2) is 8.96. The third-order valence-corrected chi connectivity index (χ3v) is 6.34. The molecule has 1 aliphatic heterocycles. The third-order valence-electron chi connectivity index (χ3n) is 5.08. The number of nitrogens with one attached hydrogen (secondary N) is 1. The number of hydrogen-bond donors (Lipinski definition) is 1. The van der Waals surface area contributed by atoms with E-state index >= 15 is 0 Å². The van der Waals surface area contributed by atoms with E-state index in [0.29, 0.717) is 6.54 Å². The Bertz CT molecular complexity index is 996. The maximum Gasteiger partial charge on any atom is 0.204 e. The highest BCUT2D eigenvalue weighted by Crippen LogP contribution is 2.21. The summed E-state index contributed by atoms with van der Waals surface area (Å²) < 4.78 is 2.73. The van der Waals surface area contributed by atoms with Gasteiger partial charge in [0.05, 0.1) is 6.67 Å². The highest BCUT2D eigenvalue weighted by Gasteiger charge is 2.18. The first-order valence-corrected chi connectivity index (χ1v) is 10.8. The first-order valence-electron chi connectivity index (χ1n) is 9.57. The van der Waals surface area contributed by atoms with Crippen LogP contribution in [0.2, 0.25) is 0 Å². The lowest BCUT2D eigenvalue weighted by Crippen LogP contribution is -2.46. The molecule has 146 valence electrons. The fourth-order valence-electron chi connectivity index (χ4n) is 3.58. The van der Waals surface area contributed by atoms with Crippen LogP contribution in [0, 0.1) is 3.95 Å². The summed E-state index contributed by atoms with van der Waals surface area (Å²) in [6.45, 7) is 10.4. The van der Waals surface area contributed by atoms with Crippen LogP contribution in [0.3, 0.4) is 0 Å². The first kappa shape index (κ1) is 19.3. The summed E-state index contributed by atoms with van der Waals surface area (Å²) >= 11 is 6.98. The molecule has 2 aromatic carbocycles. The summed E-state index contributed by atoms with van der Waals surface area (Å²) in [6.07, 6.45) is 1.82. The minimum Gasteiger partial charge on any atom is -0.357 e. The number of fused-ring (bicyclic) bond motifs is 1. The molecule has 0 bridgehead atoms. The summed E-state index contributed by atoms with van der Waals surface area (Å²) in [5.41, 5.74) is 1.41. The quantitative estimate of drug-likeness (QED) is 0.466. The molecule has 4 rings (SSSR count). The van der Waals surface area contributed by atoms with E-state index in [1.807, 2.05) is 10.8 Å². The maximum absolute atomic E-state index is 5.46. The summed E-state index contributed by atoms with van der Waals surface area (Å²) in [5, 5.41) is 11.3. The molecular formula is C21H25N5S2. The van der Waals surface area contributed by atoms with Crippen LogP contribution >= 0.6 is 23.6 Å². The van der Waals surface area contributed by atoms with E-state index in [-0.39, 0.29) is 0 Å². The number of benzene rings is 2. The average Bonchev–Trinajstić information content (AvgIpc) is 3.07. The van der Waals surface area contributed by atoms with Gasteiger partial charge in [0.2, 0.25) is 5.13 Å². The summed E-state index contributed by atoms with van der Waals surface area (Å²) in [6, 6.07) is 15.2. The lowest BCUT2D eigenvalue weighted by Gasteiger charge is -2.34. The van der Waals surface area contributed by atoms with Crippen molar-refractivity contribution in [2.45, 2.75) is 13.2 Å². The van der Waals surface area contributed by atoms with Crippen LogP contribution in [0.15, 0.2) is 55.1 Å². The monoisotopic (exact) mass is 411 g/mol. The van der Waals surface area contributed by atoms with Gasteiger partial charge in [0, 0.05) is 39.3 Å². The summed E-state index contributed by atoms with van der Waals surface area (Å²) in [5.74, 6) is 0. The van der Waals surface area contributed by atoms with Crippen LogP contribution in [-0.4, -0.2) is 52.3 Å². The largest absolute Gasteiger partial charge is 0.357 e. The fraction of sp³-hybridized carbons (Fsp3) is 0.333. The number of piperazine rings is 1. The normalized spacial score (nSPS) is 15.7. The van der Waals surface area contributed by atoms with E-state index in [4.69, 9.17) is 12.2 Å². The number of rotatable bonds is 7. The molecule has 28 heavy (non-hydrogen) atoms. The van der Waals surface area contributed by atoms with Gasteiger partial charge in [-0.1, -0.05) is 59.9 Å². The van der Waals surface area contributed by atoms with Gasteiger partial charge >= 0.3 is 0 Å². The smallest absolute Gasteiger partial charge is 0.204 e. The lowest BCUT2D eigenvalue weighted by molar-refractivity contribution is 0.0988. The predicted molar refractivity (Wildman–Crippen MR) is 120 cm³/mol. The van der Waals surface area contributed by atoms with Gasteiger partial charge in [-0.2, -0.15) is 0 Å². The Hall–Kier alpha value is -2.06. The topological polar surface area (TPSA) is 36.3 Å². The van der Waals surface area contributed by atoms with Crippen LogP contribution in [-0.2, 0) is 13.2 Å². The van der Waals surface area contributed by atoms with Gasteiger partial charge in [0.15, 0.2) is 3.95 Å². The molecule has 0 spiro atoms. The number of nitrogens with zero attached hydrogens (tertiary/aromatic N) is 4. The van der Waals surface area contributed by atoms with E-state index in [1.165, 1.54) is 27.7 Å². The molecule has 7 heteroatoms. The Kier molecular flexibility index (Phi) is 6.17. The molecule has 0 radical (unpaired) electrons. The van der Waals surface area contributed by atoms with Crippen molar-refractivity contribution in [3.05, 3.63) is 64.6 Å². The molecule has 3 aromatic rings. The van der Waals surface area contributed by atoms with E-state index in [9.17, 15) is 0 Å². The minimum atomic E-state index is 0.704. The Morgan fingerprint density at radius 1 is 1.07 bits per heavy atom. The molecule has 0 atom stereocenters. The van der Waals surface area contributed by atoms with Crippen molar-refractivity contribution in [2.75, 3.05) is 38.0 Å². The molecule has 1 saturated heterocycles. The van der Waals surface area contributed by atoms with Crippen molar-refractivity contribution >= 4 is 39.5 Å². The SMILES string of the molecule is C=CCNc1nn(CN2CCN(Cc3cccc4ccccc34)CC2)c(=S)s1. The van der Waals surface area contributed by atoms with Crippen molar-refractivity contribution in [3.63, 3.8) is 0 Å². The van der Waals surface area contributed by atoms with Crippen LogP contribution in [0.25, 0.3) is 10.8 Å². The van der Waals surface area contributed by atoms with E-state index in [1.54, 1.807) is 0 Å². The molecule has 0 unspecified atom stereocenters. The van der Waals surface area contributed by atoms with Crippen LogP contribution in [0.4, 0.5) is 5.13 Å². The standard InChI is InChI=1S/C21H25N5S2/c1-2-10-22-20-23-26(21(27)28-20)16-25-13-11-24(12-14-25)15-18-8-5-7-17-6-3-4-9-19(17)18/h2-9H,1,10-16H2,(H,22,23). The molecule has 1 aromatic heterocycles.